The van der Waals surface area contributed by atoms with E-state index in [-0.39, 0.29) is 17.9 Å². The van der Waals surface area contributed by atoms with E-state index in [0.29, 0.717) is 31.7 Å². The Hall–Kier alpha value is -2.64. The van der Waals surface area contributed by atoms with E-state index in [0.717, 1.165) is 37.2 Å². The molecular formula is C21H23F3N4O. The molecule has 2 aliphatic heterocycles. The van der Waals surface area contributed by atoms with Crippen molar-refractivity contribution in [3.05, 3.63) is 54.0 Å². The maximum Gasteiger partial charge on any atom is 0.417 e. The van der Waals surface area contributed by atoms with E-state index in [9.17, 15) is 18.0 Å². The van der Waals surface area contributed by atoms with Crippen LogP contribution >= 0.6 is 0 Å². The standard InChI is InChI=1S/C21H23F3N4O/c22-21(23,24)17-3-4-19(26-14-17)27-12-7-16(8-13-27)20(29)28-11-1-2-18(28)15-5-9-25-10-6-15/h3-6,9-10,14,16,18H,1-2,7-8,11-13H2. The lowest BCUT2D eigenvalue weighted by Gasteiger charge is -2.35. The van der Waals surface area contributed by atoms with Gasteiger partial charge in [0.2, 0.25) is 5.91 Å². The van der Waals surface area contributed by atoms with E-state index in [2.05, 4.69) is 9.97 Å². The molecule has 8 heteroatoms. The van der Waals surface area contributed by atoms with Gasteiger partial charge in [0.15, 0.2) is 0 Å². The van der Waals surface area contributed by atoms with Crippen LogP contribution in [0.2, 0.25) is 0 Å². The molecule has 154 valence electrons. The molecule has 4 heterocycles. The summed E-state index contributed by atoms with van der Waals surface area (Å²) in [5.74, 6) is 0.659. The Morgan fingerprint density at radius 1 is 1.00 bits per heavy atom. The SMILES string of the molecule is O=C(C1CCN(c2ccc(C(F)(F)F)cn2)CC1)N1CCCC1c1ccncc1. The van der Waals surface area contributed by atoms with Crippen LogP contribution in [-0.2, 0) is 11.0 Å². The molecule has 0 bridgehead atoms. The summed E-state index contributed by atoms with van der Waals surface area (Å²) in [5, 5.41) is 0. The van der Waals surface area contributed by atoms with Crippen LogP contribution in [0, 0.1) is 5.92 Å². The molecule has 1 unspecified atom stereocenters. The van der Waals surface area contributed by atoms with Gasteiger partial charge in [0.05, 0.1) is 11.6 Å². The Morgan fingerprint density at radius 2 is 1.72 bits per heavy atom. The molecule has 1 atom stereocenters. The molecule has 2 aliphatic rings. The van der Waals surface area contributed by atoms with Crippen molar-refractivity contribution in [1.82, 2.24) is 14.9 Å². The number of carbonyl (C=O) groups is 1. The fraction of sp³-hybridized carbons (Fsp3) is 0.476. The molecule has 0 aromatic carbocycles. The van der Waals surface area contributed by atoms with Gasteiger partial charge in [-0.2, -0.15) is 13.2 Å². The Bertz CT molecular complexity index is 833. The molecule has 0 saturated carbocycles. The Morgan fingerprint density at radius 3 is 2.34 bits per heavy atom. The number of aromatic nitrogens is 2. The quantitative estimate of drug-likeness (QED) is 0.774. The lowest BCUT2D eigenvalue weighted by atomic mass is 9.94. The zero-order valence-corrected chi connectivity index (χ0v) is 16.0. The van der Waals surface area contributed by atoms with Gasteiger partial charge in [-0.25, -0.2) is 4.98 Å². The van der Waals surface area contributed by atoms with Crippen molar-refractivity contribution in [3.8, 4) is 0 Å². The number of hydrogen-bond donors (Lipinski definition) is 0. The highest BCUT2D eigenvalue weighted by atomic mass is 19.4. The maximum atomic E-state index is 13.1. The van der Waals surface area contributed by atoms with Crippen molar-refractivity contribution < 1.29 is 18.0 Å². The number of pyridine rings is 2. The van der Waals surface area contributed by atoms with Crippen molar-refractivity contribution in [2.75, 3.05) is 24.5 Å². The van der Waals surface area contributed by atoms with Gasteiger partial charge >= 0.3 is 6.18 Å². The van der Waals surface area contributed by atoms with Crippen molar-refractivity contribution in [2.45, 2.75) is 37.9 Å². The third-order valence-electron chi connectivity index (χ3n) is 5.87. The van der Waals surface area contributed by atoms with Crippen molar-refractivity contribution in [1.29, 1.82) is 0 Å². The van der Waals surface area contributed by atoms with Gasteiger partial charge in [-0.15, -0.1) is 0 Å². The Kier molecular flexibility index (Phi) is 5.43. The number of anilines is 1. The number of alkyl halides is 3. The summed E-state index contributed by atoms with van der Waals surface area (Å²) in [7, 11) is 0. The van der Waals surface area contributed by atoms with Crippen molar-refractivity contribution in [3.63, 3.8) is 0 Å². The van der Waals surface area contributed by atoms with Crippen LogP contribution in [0.25, 0.3) is 0 Å². The van der Waals surface area contributed by atoms with Gasteiger partial charge in [-0.3, -0.25) is 9.78 Å². The van der Waals surface area contributed by atoms with Crippen LogP contribution in [-0.4, -0.2) is 40.4 Å². The largest absolute Gasteiger partial charge is 0.417 e. The summed E-state index contributed by atoms with van der Waals surface area (Å²) in [6, 6.07) is 6.51. The predicted octanol–water partition coefficient (Wildman–Crippen LogP) is 4.08. The molecule has 2 fully saturated rings. The van der Waals surface area contributed by atoms with Gasteiger partial charge < -0.3 is 9.80 Å². The average Bonchev–Trinajstić information content (AvgIpc) is 3.23. The van der Waals surface area contributed by atoms with Crippen LogP contribution in [0.1, 0.15) is 42.9 Å². The fourth-order valence-electron chi connectivity index (χ4n) is 4.29. The van der Waals surface area contributed by atoms with E-state index in [4.69, 9.17) is 0 Å². The molecule has 4 rings (SSSR count). The first-order valence-corrected chi connectivity index (χ1v) is 9.92. The molecule has 5 nitrogen and oxygen atoms in total. The van der Waals surface area contributed by atoms with E-state index >= 15 is 0 Å². The smallest absolute Gasteiger partial charge is 0.357 e. The average molecular weight is 404 g/mol. The summed E-state index contributed by atoms with van der Waals surface area (Å²) >= 11 is 0. The number of nitrogens with zero attached hydrogens (tertiary/aromatic N) is 4. The van der Waals surface area contributed by atoms with Gasteiger partial charge in [0.25, 0.3) is 0 Å². The summed E-state index contributed by atoms with van der Waals surface area (Å²) in [5.41, 5.74) is 0.375. The number of halogens is 3. The second-order valence-electron chi connectivity index (χ2n) is 7.63. The minimum absolute atomic E-state index is 0.0527. The van der Waals surface area contributed by atoms with Gasteiger partial charge in [0.1, 0.15) is 5.82 Å². The number of amides is 1. The first kappa shape index (κ1) is 19.7. The Labute approximate surface area is 167 Å². The lowest BCUT2D eigenvalue weighted by Crippen LogP contribution is -2.42. The van der Waals surface area contributed by atoms with Crippen LogP contribution in [0.3, 0.4) is 0 Å². The minimum atomic E-state index is -4.38. The van der Waals surface area contributed by atoms with Crippen LogP contribution in [0.5, 0.6) is 0 Å². The molecule has 2 aromatic rings. The zero-order chi connectivity index (χ0) is 20.4. The normalized spacial score (nSPS) is 20.9. The molecule has 1 amide bonds. The summed E-state index contributed by atoms with van der Waals surface area (Å²) < 4.78 is 38.1. The lowest BCUT2D eigenvalue weighted by molar-refractivity contribution is -0.138. The molecule has 0 spiro atoms. The Balaban J connectivity index is 1.37. The third-order valence-corrected chi connectivity index (χ3v) is 5.87. The topological polar surface area (TPSA) is 49.3 Å². The van der Waals surface area contributed by atoms with Crippen LogP contribution < -0.4 is 4.90 Å². The predicted molar refractivity (Wildman–Crippen MR) is 102 cm³/mol. The summed E-state index contributed by atoms with van der Waals surface area (Å²) in [6.07, 6.45) is 3.32. The van der Waals surface area contributed by atoms with Gasteiger partial charge in [-0.05, 0) is 55.5 Å². The third kappa shape index (κ3) is 4.21. The first-order chi connectivity index (χ1) is 13.9. The molecule has 0 radical (unpaired) electrons. The monoisotopic (exact) mass is 404 g/mol. The van der Waals surface area contributed by atoms with E-state index in [1.54, 1.807) is 12.4 Å². The van der Waals surface area contributed by atoms with E-state index in [1.165, 1.54) is 6.07 Å². The highest BCUT2D eigenvalue weighted by Crippen LogP contribution is 2.35. The molecule has 2 aromatic heterocycles. The number of piperidine rings is 1. The van der Waals surface area contributed by atoms with E-state index < -0.39 is 11.7 Å². The highest BCUT2D eigenvalue weighted by Gasteiger charge is 2.36. The fourth-order valence-corrected chi connectivity index (χ4v) is 4.29. The van der Waals surface area contributed by atoms with Crippen molar-refractivity contribution in [2.24, 2.45) is 5.92 Å². The minimum Gasteiger partial charge on any atom is -0.357 e. The van der Waals surface area contributed by atoms with Crippen LogP contribution in [0.15, 0.2) is 42.9 Å². The molecule has 29 heavy (non-hydrogen) atoms. The second-order valence-corrected chi connectivity index (χ2v) is 7.63. The van der Waals surface area contributed by atoms with Gasteiger partial charge in [0, 0.05) is 44.1 Å². The first-order valence-electron chi connectivity index (χ1n) is 9.92. The molecule has 0 N–H and O–H groups in total. The highest BCUT2D eigenvalue weighted by molar-refractivity contribution is 5.80. The zero-order valence-electron chi connectivity index (χ0n) is 16.0. The molecule has 0 aliphatic carbocycles. The molecule has 2 saturated heterocycles. The van der Waals surface area contributed by atoms with Gasteiger partial charge in [-0.1, -0.05) is 0 Å². The van der Waals surface area contributed by atoms with Crippen molar-refractivity contribution >= 4 is 11.7 Å². The number of likely N-dealkylation sites (tertiary alicyclic amines) is 1. The number of hydrogen-bond acceptors (Lipinski definition) is 4. The molecular weight excluding hydrogens is 381 g/mol. The van der Waals surface area contributed by atoms with E-state index in [1.807, 2.05) is 21.9 Å². The summed E-state index contributed by atoms with van der Waals surface area (Å²) in [4.78, 5) is 25.1. The maximum absolute atomic E-state index is 13.1. The summed E-state index contributed by atoms with van der Waals surface area (Å²) in [6.45, 7) is 2.00. The number of carbonyl (C=O) groups excluding carboxylic acids is 1. The number of rotatable bonds is 3. The van der Waals surface area contributed by atoms with Crippen LogP contribution in [0.4, 0.5) is 19.0 Å². The second kappa shape index (κ2) is 8.00.